The van der Waals surface area contributed by atoms with Crippen LogP contribution in [0.15, 0.2) is 102 Å². The zero-order valence-corrected chi connectivity index (χ0v) is 16.6. The van der Waals surface area contributed by atoms with Crippen LogP contribution in [0.4, 0.5) is 11.5 Å². The maximum atomic E-state index is 12.6. The predicted octanol–water partition coefficient (Wildman–Crippen LogP) is 3.93. The summed E-state index contributed by atoms with van der Waals surface area (Å²) in [5, 5.41) is 7.06. The van der Waals surface area contributed by atoms with Crippen LogP contribution in [-0.4, -0.2) is 24.1 Å². The van der Waals surface area contributed by atoms with Crippen molar-refractivity contribution in [2.24, 2.45) is 0 Å². The van der Waals surface area contributed by atoms with Gasteiger partial charge in [-0.15, -0.1) is 0 Å². The molecule has 1 amide bonds. The highest BCUT2D eigenvalue weighted by Gasteiger charge is 2.15. The maximum Gasteiger partial charge on any atom is 0.261 e. The van der Waals surface area contributed by atoms with E-state index in [0.717, 1.165) is 5.69 Å². The van der Waals surface area contributed by atoms with Gasteiger partial charge in [0, 0.05) is 23.5 Å². The summed E-state index contributed by atoms with van der Waals surface area (Å²) < 4.78 is 29.1. The fourth-order valence-corrected chi connectivity index (χ4v) is 3.91. The minimum Gasteiger partial charge on any atom is -0.305 e. The lowest BCUT2D eigenvalue weighted by molar-refractivity contribution is 0.102. The van der Waals surface area contributed by atoms with E-state index in [1.54, 1.807) is 53.3 Å². The summed E-state index contributed by atoms with van der Waals surface area (Å²) in [6.45, 7) is 0. The molecule has 0 aliphatic rings. The summed E-state index contributed by atoms with van der Waals surface area (Å²) in [4.78, 5) is 12.8. The van der Waals surface area contributed by atoms with Gasteiger partial charge in [-0.1, -0.05) is 42.5 Å². The van der Waals surface area contributed by atoms with E-state index in [2.05, 4.69) is 15.1 Å². The van der Waals surface area contributed by atoms with E-state index in [1.165, 1.54) is 18.2 Å². The maximum absolute atomic E-state index is 12.6. The van der Waals surface area contributed by atoms with Crippen molar-refractivity contribution in [2.75, 3.05) is 10.0 Å². The topological polar surface area (TPSA) is 93.1 Å². The van der Waals surface area contributed by atoms with Gasteiger partial charge in [0.2, 0.25) is 0 Å². The van der Waals surface area contributed by atoms with Crippen LogP contribution in [0.5, 0.6) is 0 Å². The first-order valence-electron chi connectivity index (χ1n) is 9.12. The van der Waals surface area contributed by atoms with Gasteiger partial charge < -0.3 is 5.32 Å². The highest BCUT2D eigenvalue weighted by Crippen LogP contribution is 2.18. The van der Waals surface area contributed by atoms with E-state index < -0.39 is 15.9 Å². The fourth-order valence-electron chi connectivity index (χ4n) is 2.84. The number of aromatic nitrogens is 2. The molecular formula is C22H18N4O3S. The quantitative estimate of drug-likeness (QED) is 0.496. The molecule has 30 heavy (non-hydrogen) atoms. The largest absolute Gasteiger partial charge is 0.305 e. The van der Waals surface area contributed by atoms with Gasteiger partial charge in [-0.3, -0.25) is 9.52 Å². The molecule has 2 N–H and O–H groups in total. The van der Waals surface area contributed by atoms with Crippen LogP contribution in [-0.2, 0) is 10.0 Å². The number of amides is 1. The molecule has 0 aliphatic carbocycles. The number of nitrogens with zero attached hydrogens (tertiary/aromatic N) is 2. The standard InChI is InChI=1S/C22H18N4O3S/c27-22(23-21-14-15-26(24-21)19-10-3-1-4-11-19)17-8-7-9-18(16-17)25-30(28,29)20-12-5-2-6-13-20/h1-16,25H,(H,23,24,27). The molecule has 0 aliphatic heterocycles. The number of carbonyl (C=O) groups excluding carboxylic acids is 1. The summed E-state index contributed by atoms with van der Waals surface area (Å²) in [6.07, 6.45) is 1.75. The van der Waals surface area contributed by atoms with Gasteiger partial charge in [0.1, 0.15) is 0 Å². The van der Waals surface area contributed by atoms with Crippen molar-refractivity contribution in [3.05, 3.63) is 103 Å². The number of hydrogen-bond donors (Lipinski definition) is 2. The number of rotatable bonds is 6. The Morgan fingerprint density at radius 3 is 2.27 bits per heavy atom. The molecule has 4 aromatic rings. The Labute approximate surface area is 174 Å². The molecule has 8 heteroatoms. The first-order valence-corrected chi connectivity index (χ1v) is 10.6. The Balaban J connectivity index is 1.49. The van der Waals surface area contributed by atoms with E-state index in [4.69, 9.17) is 0 Å². The van der Waals surface area contributed by atoms with Gasteiger partial charge in [0.15, 0.2) is 5.82 Å². The minimum atomic E-state index is -3.74. The fraction of sp³-hybridized carbons (Fsp3) is 0. The second-order valence-electron chi connectivity index (χ2n) is 6.43. The van der Waals surface area contributed by atoms with Crippen LogP contribution in [0.3, 0.4) is 0 Å². The number of benzene rings is 3. The van der Waals surface area contributed by atoms with E-state index in [1.807, 2.05) is 30.3 Å². The number of nitrogens with one attached hydrogen (secondary N) is 2. The van der Waals surface area contributed by atoms with Crippen LogP contribution < -0.4 is 10.0 Å². The molecule has 3 aromatic carbocycles. The smallest absolute Gasteiger partial charge is 0.261 e. The Kier molecular flexibility index (Phi) is 5.32. The Bertz CT molecular complexity index is 1270. The zero-order chi connectivity index (χ0) is 21.0. The average molecular weight is 418 g/mol. The second kappa shape index (κ2) is 8.22. The van der Waals surface area contributed by atoms with Gasteiger partial charge in [-0.25, -0.2) is 13.1 Å². The normalized spacial score (nSPS) is 11.1. The minimum absolute atomic E-state index is 0.145. The SMILES string of the molecule is O=C(Nc1ccn(-c2ccccc2)n1)c1cccc(NS(=O)(=O)c2ccccc2)c1. The van der Waals surface area contributed by atoms with Crippen LogP contribution in [0, 0.1) is 0 Å². The summed E-state index contributed by atoms with van der Waals surface area (Å²) in [6, 6.07) is 25.5. The van der Waals surface area contributed by atoms with Crippen molar-refractivity contribution < 1.29 is 13.2 Å². The van der Waals surface area contributed by atoms with Crippen LogP contribution in [0.2, 0.25) is 0 Å². The molecule has 150 valence electrons. The van der Waals surface area contributed by atoms with Gasteiger partial charge in [-0.2, -0.15) is 5.10 Å². The third-order valence-corrected chi connectivity index (χ3v) is 5.68. The lowest BCUT2D eigenvalue weighted by Gasteiger charge is -2.09. The Morgan fingerprint density at radius 1 is 0.833 bits per heavy atom. The molecule has 0 unspecified atom stereocenters. The monoisotopic (exact) mass is 418 g/mol. The third kappa shape index (κ3) is 4.39. The molecule has 0 fully saturated rings. The molecule has 0 saturated carbocycles. The lowest BCUT2D eigenvalue weighted by atomic mass is 10.2. The van der Waals surface area contributed by atoms with Crippen molar-refractivity contribution in [3.8, 4) is 5.69 Å². The van der Waals surface area contributed by atoms with Crippen molar-refractivity contribution in [3.63, 3.8) is 0 Å². The molecule has 0 spiro atoms. The Hall–Kier alpha value is -3.91. The van der Waals surface area contributed by atoms with E-state index in [9.17, 15) is 13.2 Å². The van der Waals surface area contributed by atoms with Crippen molar-refractivity contribution >= 4 is 27.4 Å². The van der Waals surface area contributed by atoms with Gasteiger partial charge in [-0.05, 0) is 42.5 Å². The third-order valence-electron chi connectivity index (χ3n) is 4.28. The van der Waals surface area contributed by atoms with Crippen molar-refractivity contribution in [1.82, 2.24) is 9.78 Å². The van der Waals surface area contributed by atoms with E-state index >= 15 is 0 Å². The van der Waals surface area contributed by atoms with E-state index in [0.29, 0.717) is 17.1 Å². The first-order chi connectivity index (χ1) is 14.5. The van der Waals surface area contributed by atoms with Crippen molar-refractivity contribution in [1.29, 1.82) is 0 Å². The highest BCUT2D eigenvalue weighted by atomic mass is 32.2. The molecule has 0 bridgehead atoms. The number of sulfonamides is 1. The number of anilines is 2. The van der Waals surface area contributed by atoms with Gasteiger partial charge >= 0.3 is 0 Å². The van der Waals surface area contributed by atoms with E-state index in [-0.39, 0.29) is 4.90 Å². The molecule has 0 saturated heterocycles. The summed E-state index contributed by atoms with van der Waals surface area (Å²) >= 11 is 0. The molecule has 1 heterocycles. The highest BCUT2D eigenvalue weighted by molar-refractivity contribution is 7.92. The lowest BCUT2D eigenvalue weighted by Crippen LogP contribution is -2.15. The molecular weight excluding hydrogens is 400 g/mol. The van der Waals surface area contributed by atoms with Crippen molar-refractivity contribution in [2.45, 2.75) is 4.90 Å². The predicted molar refractivity (Wildman–Crippen MR) is 115 cm³/mol. The zero-order valence-electron chi connectivity index (χ0n) is 15.8. The molecule has 7 nitrogen and oxygen atoms in total. The van der Waals surface area contributed by atoms with Crippen LogP contribution in [0.25, 0.3) is 5.69 Å². The van der Waals surface area contributed by atoms with Gasteiger partial charge in [0.25, 0.3) is 15.9 Å². The van der Waals surface area contributed by atoms with Crippen LogP contribution in [0.1, 0.15) is 10.4 Å². The first kappa shape index (κ1) is 19.4. The molecule has 4 rings (SSSR count). The molecule has 1 aromatic heterocycles. The summed E-state index contributed by atoms with van der Waals surface area (Å²) in [5.74, 6) is -0.00630. The molecule has 0 radical (unpaired) electrons. The van der Waals surface area contributed by atoms with Crippen LogP contribution >= 0.6 is 0 Å². The number of para-hydroxylation sites is 1. The van der Waals surface area contributed by atoms with Gasteiger partial charge in [0.05, 0.1) is 10.6 Å². The second-order valence-corrected chi connectivity index (χ2v) is 8.12. The average Bonchev–Trinajstić information content (AvgIpc) is 3.23. The summed E-state index contributed by atoms with van der Waals surface area (Å²) in [5.41, 5.74) is 1.47. The molecule has 0 atom stereocenters. The Morgan fingerprint density at radius 2 is 1.53 bits per heavy atom. The number of hydrogen-bond acceptors (Lipinski definition) is 4. The number of carbonyl (C=O) groups is 1. The summed E-state index contributed by atoms with van der Waals surface area (Å²) in [7, 11) is -3.74.